The number of aryl methyl sites for hydroxylation is 2. The van der Waals surface area contributed by atoms with Gasteiger partial charge in [0.25, 0.3) is 15.9 Å². The first-order valence-corrected chi connectivity index (χ1v) is 8.88. The Hall–Kier alpha value is -2.72. The SMILES string of the molecule is CCCc1ccc(S(=O)(=O)NC(=O)c2cc(C)c(C#N)cn2)cc1. The second-order valence-electron chi connectivity index (χ2n) is 5.32. The molecule has 0 radical (unpaired) electrons. The van der Waals surface area contributed by atoms with Crippen molar-refractivity contribution in [2.75, 3.05) is 0 Å². The van der Waals surface area contributed by atoms with E-state index in [1.807, 2.05) is 17.7 Å². The van der Waals surface area contributed by atoms with Crippen molar-refractivity contribution in [3.05, 3.63) is 58.9 Å². The summed E-state index contributed by atoms with van der Waals surface area (Å²) in [5.41, 5.74) is 1.87. The van der Waals surface area contributed by atoms with Gasteiger partial charge in [-0.05, 0) is 42.7 Å². The molecule has 1 N–H and O–H groups in total. The summed E-state index contributed by atoms with van der Waals surface area (Å²) >= 11 is 0. The predicted octanol–water partition coefficient (Wildman–Crippen LogP) is 2.33. The summed E-state index contributed by atoms with van der Waals surface area (Å²) in [4.78, 5) is 16.0. The van der Waals surface area contributed by atoms with Gasteiger partial charge in [-0.1, -0.05) is 25.5 Å². The molecule has 0 aliphatic heterocycles. The van der Waals surface area contributed by atoms with E-state index in [1.54, 1.807) is 19.1 Å². The Labute approximate surface area is 141 Å². The quantitative estimate of drug-likeness (QED) is 0.898. The monoisotopic (exact) mass is 343 g/mol. The van der Waals surface area contributed by atoms with Crippen molar-refractivity contribution >= 4 is 15.9 Å². The summed E-state index contributed by atoms with van der Waals surface area (Å²) in [6.07, 6.45) is 3.07. The van der Waals surface area contributed by atoms with Gasteiger partial charge in [-0.25, -0.2) is 18.1 Å². The predicted molar refractivity (Wildman–Crippen MR) is 88.8 cm³/mol. The van der Waals surface area contributed by atoms with E-state index in [2.05, 4.69) is 4.98 Å². The van der Waals surface area contributed by atoms with E-state index in [1.165, 1.54) is 24.4 Å². The van der Waals surface area contributed by atoms with Crippen LogP contribution in [0.2, 0.25) is 0 Å². The van der Waals surface area contributed by atoms with Crippen molar-refractivity contribution in [2.45, 2.75) is 31.6 Å². The number of hydrogen-bond acceptors (Lipinski definition) is 5. The third kappa shape index (κ3) is 3.97. The number of nitriles is 1. The Morgan fingerprint density at radius 3 is 2.50 bits per heavy atom. The van der Waals surface area contributed by atoms with Gasteiger partial charge in [0.05, 0.1) is 10.5 Å². The Bertz CT molecular complexity index is 898. The van der Waals surface area contributed by atoms with Gasteiger partial charge in [-0.15, -0.1) is 0 Å². The van der Waals surface area contributed by atoms with Crippen LogP contribution in [0.4, 0.5) is 0 Å². The smallest absolute Gasteiger partial charge is 0.266 e. The standard InChI is InChI=1S/C17H17N3O3S/c1-3-4-13-5-7-15(8-6-13)24(22,23)20-17(21)16-9-12(2)14(10-18)11-19-16/h5-9,11H,3-4H2,1-2H3,(H,20,21). The Kier molecular flexibility index (Phi) is 5.31. The summed E-state index contributed by atoms with van der Waals surface area (Å²) in [5, 5.41) is 8.86. The number of nitrogens with zero attached hydrogens (tertiary/aromatic N) is 2. The summed E-state index contributed by atoms with van der Waals surface area (Å²) in [5.74, 6) is -0.833. The molecule has 24 heavy (non-hydrogen) atoms. The molecule has 0 atom stereocenters. The molecule has 124 valence electrons. The zero-order valence-electron chi connectivity index (χ0n) is 13.4. The Morgan fingerprint density at radius 2 is 1.96 bits per heavy atom. The van der Waals surface area contributed by atoms with Crippen LogP contribution in [-0.2, 0) is 16.4 Å². The first kappa shape index (κ1) is 17.6. The zero-order chi connectivity index (χ0) is 17.7. The van der Waals surface area contributed by atoms with Crippen LogP contribution in [-0.4, -0.2) is 19.3 Å². The van der Waals surface area contributed by atoms with Crippen molar-refractivity contribution in [3.8, 4) is 6.07 Å². The Morgan fingerprint density at radius 1 is 1.29 bits per heavy atom. The summed E-state index contributed by atoms with van der Waals surface area (Å²) in [7, 11) is -3.97. The maximum atomic E-state index is 12.3. The molecule has 0 saturated heterocycles. The fourth-order valence-electron chi connectivity index (χ4n) is 2.15. The molecule has 6 nitrogen and oxygen atoms in total. The van der Waals surface area contributed by atoms with Gasteiger partial charge in [-0.2, -0.15) is 5.26 Å². The van der Waals surface area contributed by atoms with E-state index in [0.29, 0.717) is 11.1 Å². The number of aromatic nitrogens is 1. The van der Waals surface area contributed by atoms with Crippen LogP contribution in [0.5, 0.6) is 0 Å². The summed E-state index contributed by atoms with van der Waals surface area (Å²) in [6.45, 7) is 3.69. The lowest BCUT2D eigenvalue weighted by Crippen LogP contribution is -2.31. The molecule has 0 aliphatic rings. The van der Waals surface area contributed by atoms with Crippen LogP contribution < -0.4 is 4.72 Å². The molecule has 2 aromatic rings. The molecule has 1 aromatic carbocycles. The molecular formula is C17H17N3O3S. The number of sulfonamides is 1. The van der Waals surface area contributed by atoms with Gasteiger partial charge in [0.1, 0.15) is 11.8 Å². The molecule has 0 fully saturated rings. The first-order chi connectivity index (χ1) is 11.4. The highest BCUT2D eigenvalue weighted by Crippen LogP contribution is 2.13. The van der Waals surface area contributed by atoms with Crippen molar-refractivity contribution in [2.24, 2.45) is 0 Å². The summed E-state index contributed by atoms with van der Waals surface area (Å²) < 4.78 is 26.6. The van der Waals surface area contributed by atoms with E-state index in [-0.39, 0.29) is 10.6 Å². The van der Waals surface area contributed by atoms with Gasteiger partial charge in [0.2, 0.25) is 0 Å². The molecule has 1 aromatic heterocycles. The highest BCUT2D eigenvalue weighted by molar-refractivity contribution is 7.90. The average Bonchev–Trinajstić information content (AvgIpc) is 2.55. The first-order valence-electron chi connectivity index (χ1n) is 7.40. The van der Waals surface area contributed by atoms with E-state index in [4.69, 9.17) is 5.26 Å². The maximum absolute atomic E-state index is 12.3. The third-order valence-corrected chi connectivity index (χ3v) is 4.81. The van der Waals surface area contributed by atoms with Crippen LogP contribution in [0.1, 0.15) is 40.5 Å². The maximum Gasteiger partial charge on any atom is 0.283 e. The number of carbonyl (C=O) groups excluding carboxylic acids is 1. The molecule has 0 spiro atoms. The van der Waals surface area contributed by atoms with Crippen LogP contribution >= 0.6 is 0 Å². The molecule has 7 heteroatoms. The van der Waals surface area contributed by atoms with Crippen LogP contribution in [0.25, 0.3) is 0 Å². The minimum absolute atomic E-state index is 0.0149. The number of pyridine rings is 1. The minimum Gasteiger partial charge on any atom is -0.266 e. The number of benzene rings is 1. The van der Waals surface area contributed by atoms with E-state index in [0.717, 1.165) is 18.4 Å². The molecule has 1 amide bonds. The minimum atomic E-state index is -3.97. The number of amides is 1. The highest BCUT2D eigenvalue weighted by Gasteiger charge is 2.20. The van der Waals surface area contributed by atoms with E-state index >= 15 is 0 Å². The zero-order valence-corrected chi connectivity index (χ0v) is 14.2. The van der Waals surface area contributed by atoms with Crippen molar-refractivity contribution in [3.63, 3.8) is 0 Å². The van der Waals surface area contributed by atoms with Crippen molar-refractivity contribution < 1.29 is 13.2 Å². The number of hydrogen-bond donors (Lipinski definition) is 1. The molecule has 0 aliphatic carbocycles. The molecule has 1 heterocycles. The van der Waals surface area contributed by atoms with Crippen LogP contribution in [0.3, 0.4) is 0 Å². The van der Waals surface area contributed by atoms with Gasteiger partial charge in [0, 0.05) is 6.20 Å². The number of nitrogens with one attached hydrogen (secondary N) is 1. The van der Waals surface area contributed by atoms with Gasteiger partial charge in [-0.3, -0.25) is 4.79 Å². The number of carbonyl (C=O) groups is 1. The molecule has 0 saturated carbocycles. The van der Waals surface area contributed by atoms with E-state index in [9.17, 15) is 13.2 Å². The molecular weight excluding hydrogens is 326 g/mol. The fraction of sp³-hybridized carbons (Fsp3) is 0.235. The highest BCUT2D eigenvalue weighted by atomic mass is 32.2. The van der Waals surface area contributed by atoms with E-state index < -0.39 is 15.9 Å². The lowest BCUT2D eigenvalue weighted by atomic mass is 10.1. The lowest BCUT2D eigenvalue weighted by Gasteiger charge is -2.08. The van der Waals surface area contributed by atoms with Gasteiger partial charge < -0.3 is 0 Å². The third-order valence-electron chi connectivity index (χ3n) is 3.46. The fourth-order valence-corrected chi connectivity index (χ4v) is 3.12. The lowest BCUT2D eigenvalue weighted by molar-refractivity contribution is 0.0976. The largest absolute Gasteiger partial charge is 0.283 e. The molecule has 0 unspecified atom stereocenters. The van der Waals surface area contributed by atoms with Crippen molar-refractivity contribution in [1.29, 1.82) is 5.26 Å². The van der Waals surface area contributed by atoms with Crippen LogP contribution in [0.15, 0.2) is 41.4 Å². The topological polar surface area (TPSA) is 99.9 Å². The van der Waals surface area contributed by atoms with Gasteiger partial charge >= 0.3 is 0 Å². The average molecular weight is 343 g/mol. The summed E-state index contributed by atoms with van der Waals surface area (Å²) in [6, 6.07) is 9.72. The normalized spacial score (nSPS) is 10.9. The van der Waals surface area contributed by atoms with Crippen LogP contribution in [0, 0.1) is 18.3 Å². The Balaban J connectivity index is 2.20. The van der Waals surface area contributed by atoms with Gasteiger partial charge in [0.15, 0.2) is 0 Å². The second kappa shape index (κ2) is 7.23. The number of rotatable bonds is 5. The second-order valence-corrected chi connectivity index (χ2v) is 7.01. The van der Waals surface area contributed by atoms with Crippen molar-refractivity contribution in [1.82, 2.24) is 9.71 Å². The molecule has 2 rings (SSSR count). The molecule has 0 bridgehead atoms.